The molecule has 0 bridgehead atoms. The van der Waals surface area contributed by atoms with Gasteiger partial charge < -0.3 is 20.1 Å². The van der Waals surface area contributed by atoms with E-state index >= 15 is 0 Å². The number of carboxylic acids is 1. The molecule has 2 heterocycles. The van der Waals surface area contributed by atoms with Crippen LogP contribution >= 0.6 is 0 Å². The third-order valence-electron chi connectivity index (χ3n) is 4.24. The van der Waals surface area contributed by atoms with Crippen LogP contribution in [0.4, 0.5) is 14.9 Å². The molecular weight excluding hydrogens is 349 g/mol. The van der Waals surface area contributed by atoms with Crippen molar-refractivity contribution in [2.75, 3.05) is 24.7 Å². The average molecular weight is 365 g/mol. The van der Waals surface area contributed by atoms with Crippen molar-refractivity contribution in [3.8, 4) is 0 Å². The summed E-state index contributed by atoms with van der Waals surface area (Å²) < 4.78 is 17.9. The van der Waals surface area contributed by atoms with Crippen molar-refractivity contribution >= 4 is 29.5 Å². The number of anilines is 1. The molecule has 2 aliphatic heterocycles. The smallest absolute Gasteiger partial charge is 0.329 e. The highest BCUT2D eigenvalue weighted by Crippen LogP contribution is 2.27. The standard InChI is InChI=1S/C16H16FN3O6/c17-9-1-3-10(4-2-9)20-15(24)14-11(18-16(20)25)5-6-19(14)12(21)7-26-8-13(22)23/h1-4,11,14H,5-8H2,(H,18,25)(H,22,23). The number of halogens is 1. The summed E-state index contributed by atoms with van der Waals surface area (Å²) in [6.07, 6.45) is 0.393. The van der Waals surface area contributed by atoms with Gasteiger partial charge in [-0.25, -0.2) is 18.9 Å². The number of aliphatic carboxylic acids is 1. The number of benzene rings is 1. The van der Waals surface area contributed by atoms with E-state index in [9.17, 15) is 23.6 Å². The van der Waals surface area contributed by atoms with E-state index in [1.807, 2.05) is 0 Å². The van der Waals surface area contributed by atoms with E-state index < -0.39 is 54.9 Å². The van der Waals surface area contributed by atoms with Crippen LogP contribution < -0.4 is 10.2 Å². The normalized spacial score (nSPS) is 22.2. The molecule has 0 aromatic heterocycles. The highest BCUT2D eigenvalue weighted by atomic mass is 19.1. The van der Waals surface area contributed by atoms with Crippen LogP contribution in [0.1, 0.15) is 6.42 Å². The van der Waals surface area contributed by atoms with E-state index in [1.54, 1.807) is 0 Å². The minimum absolute atomic E-state index is 0.189. The molecule has 0 aliphatic carbocycles. The van der Waals surface area contributed by atoms with Crippen molar-refractivity contribution < 1.29 is 33.4 Å². The van der Waals surface area contributed by atoms with Gasteiger partial charge in [0.15, 0.2) is 0 Å². The predicted molar refractivity (Wildman–Crippen MR) is 84.8 cm³/mol. The first kappa shape index (κ1) is 17.8. The van der Waals surface area contributed by atoms with Crippen LogP contribution in [0.25, 0.3) is 0 Å². The Kier molecular flexibility index (Phi) is 4.85. The Labute approximate surface area is 147 Å². The maximum absolute atomic E-state index is 13.1. The molecule has 1 aromatic carbocycles. The first-order valence-electron chi connectivity index (χ1n) is 7.87. The molecular formula is C16H16FN3O6. The van der Waals surface area contributed by atoms with Gasteiger partial charge in [0, 0.05) is 6.54 Å². The lowest BCUT2D eigenvalue weighted by atomic mass is 10.0. The molecule has 2 aliphatic rings. The second-order valence-corrected chi connectivity index (χ2v) is 5.91. The number of rotatable bonds is 5. The highest BCUT2D eigenvalue weighted by Gasteiger charge is 2.49. The fourth-order valence-electron chi connectivity index (χ4n) is 3.13. The van der Waals surface area contributed by atoms with Crippen LogP contribution in [0.15, 0.2) is 24.3 Å². The summed E-state index contributed by atoms with van der Waals surface area (Å²) in [6.45, 7) is -0.874. The number of nitrogens with zero attached hydrogens (tertiary/aromatic N) is 2. The number of carbonyl (C=O) groups is 4. The van der Waals surface area contributed by atoms with E-state index in [2.05, 4.69) is 5.32 Å². The summed E-state index contributed by atoms with van der Waals surface area (Å²) in [7, 11) is 0. The predicted octanol–water partition coefficient (Wildman–Crippen LogP) is -0.0474. The molecule has 2 fully saturated rings. The van der Waals surface area contributed by atoms with Crippen molar-refractivity contribution in [2.45, 2.75) is 18.5 Å². The molecule has 4 amide bonds. The van der Waals surface area contributed by atoms with E-state index in [0.29, 0.717) is 6.42 Å². The molecule has 0 saturated carbocycles. The van der Waals surface area contributed by atoms with Gasteiger partial charge in [0.1, 0.15) is 25.1 Å². The third-order valence-corrected chi connectivity index (χ3v) is 4.24. The number of carbonyl (C=O) groups excluding carboxylic acids is 3. The number of hydrogen-bond donors (Lipinski definition) is 2. The average Bonchev–Trinajstić information content (AvgIpc) is 3.00. The Morgan fingerprint density at radius 3 is 2.58 bits per heavy atom. The Balaban J connectivity index is 1.77. The lowest BCUT2D eigenvalue weighted by Crippen LogP contribution is -2.65. The van der Waals surface area contributed by atoms with E-state index in [4.69, 9.17) is 9.84 Å². The molecule has 26 heavy (non-hydrogen) atoms. The van der Waals surface area contributed by atoms with Crippen molar-refractivity contribution in [2.24, 2.45) is 0 Å². The van der Waals surface area contributed by atoms with E-state index in [0.717, 1.165) is 17.0 Å². The maximum Gasteiger partial charge on any atom is 0.329 e. The lowest BCUT2D eigenvalue weighted by molar-refractivity contribution is -0.147. The largest absolute Gasteiger partial charge is 0.480 e. The van der Waals surface area contributed by atoms with Crippen molar-refractivity contribution in [1.29, 1.82) is 0 Å². The second kappa shape index (κ2) is 7.08. The quantitative estimate of drug-likeness (QED) is 0.756. The van der Waals surface area contributed by atoms with Crippen LogP contribution in [-0.4, -0.2) is 65.7 Å². The topological polar surface area (TPSA) is 116 Å². The monoisotopic (exact) mass is 365 g/mol. The summed E-state index contributed by atoms with van der Waals surface area (Å²) in [6, 6.07) is 2.75. The minimum Gasteiger partial charge on any atom is -0.480 e. The summed E-state index contributed by atoms with van der Waals surface area (Å²) in [4.78, 5) is 50.0. The van der Waals surface area contributed by atoms with Gasteiger partial charge in [0.05, 0.1) is 11.7 Å². The SMILES string of the molecule is O=C(O)COCC(=O)N1CCC2NC(=O)N(c3ccc(F)cc3)C(=O)C21. The van der Waals surface area contributed by atoms with Gasteiger partial charge in [-0.15, -0.1) is 0 Å². The molecule has 138 valence electrons. The first-order chi connectivity index (χ1) is 12.4. The number of hydrogen-bond acceptors (Lipinski definition) is 5. The molecule has 3 rings (SSSR count). The maximum atomic E-state index is 13.1. The van der Waals surface area contributed by atoms with Crippen LogP contribution in [0.3, 0.4) is 0 Å². The van der Waals surface area contributed by atoms with E-state index in [-0.39, 0.29) is 12.2 Å². The van der Waals surface area contributed by atoms with Crippen molar-refractivity contribution in [1.82, 2.24) is 10.2 Å². The van der Waals surface area contributed by atoms with Crippen molar-refractivity contribution in [3.05, 3.63) is 30.1 Å². The zero-order valence-electron chi connectivity index (χ0n) is 13.6. The number of imide groups is 1. The molecule has 2 unspecified atom stereocenters. The number of urea groups is 1. The number of fused-ring (bicyclic) bond motifs is 1. The van der Waals surface area contributed by atoms with Gasteiger partial charge in [-0.1, -0.05) is 0 Å². The Bertz CT molecular complexity index is 753. The van der Waals surface area contributed by atoms with Crippen LogP contribution in [0.2, 0.25) is 0 Å². The number of ether oxygens (including phenoxy) is 1. The van der Waals surface area contributed by atoms with Gasteiger partial charge in [-0.05, 0) is 30.7 Å². The molecule has 2 N–H and O–H groups in total. The number of carboxylic acid groups (broad SMARTS) is 1. The molecule has 1 aromatic rings. The summed E-state index contributed by atoms with van der Waals surface area (Å²) in [5.41, 5.74) is 0.189. The van der Waals surface area contributed by atoms with Gasteiger partial charge in [-0.3, -0.25) is 9.59 Å². The van der Waals surface area contributed by atoms with Crippen molar-refractivity contribution in [3.63, 3.8) is 0 Å². The lowest BCUT2D eigenvalue weighted by Gasteiger charge is -2.36. The molecule has 2 saturated heterocycles. The zero-order valence-corrected chi connectivity index (χ0v) is 13.6. The molecule has 10 heteroatoms. The zero-order chi connectivity index (χ0) is 18.8. The minimum atomic E-state index is -1.21. The molecule has 0 spiro atoms. The molecule has 2 atom stereocenters. The van der Waals surface area contributed by atoms with E-state index in [1.165, 1.54) is 17.0 Å². The summed E-state index contributed by atoms with van der Waals surface area (Å²) >= 11 is 0. The Hall–Kier alpha value is -3.01. The van der Waals surface area contributed by atoms with Gasteiger partial charge >= 0.3 is 12.0 Å². The first-order valence-corrected chi connectivity index (χ1v) is 7.87. The number of nitrogens with one attached hydrogen (secondary N) is 1. The number of amides is 4. The fourth-order valence-corrected chi connectivity index (χ4v) is 3.13. The second-order valence-electron chi connectivity index (χ2n) is 5.91. The number of likely N-dealkylation sites (tertiary alicyclic amines) is 1. The molecule has 0 radical (unpaired) electrons. The van der Waals surface area contributed by atoms with Crippen LogP contribution in [0.5, 0.6) is 0 Å². The summed E-state index contributed by atoms with van der Waals surface area (Å²) in [5.74, 6) is -2.86. The third kappa shape index (κ3) is 3.36. The molecule has 9 nitrogen and oxygen atoms in total. The van der Waals surface area contributed by atoms with Gasteiger partial charge in [0.25, 0.3) is 5.91 Å². The summed E-state index contributed by atoms with van der Waals surface area (Å²) in [5, 5.41) is 11.2. The van der Waals surface area contributed by atoms with Crippen LogP contribution in [0, 0.1) is 5.82 Å². The van der Waals surface area contributed by atoms with Gasteiger partial charge in [0.2, 0.25) is 5.91 Å². The Morgan fingerprint density at radius 1 is 1.23 bits per heavy atom. The van der Waals surface area contributed by atoms with Crippen LogP contribution in [-0.2, 0) is 19.1 Å². The Morgan fingerprint density at radius 2 is 1.92 bits per heavy atom. The highest BCUT2D eigenvalue weighted by molar-refractivity contribution is 6.19. The van der Waals surface area contributed by atoms with Gasteiger partial charge in [-0.2, -0.15) is 0 Å². The fraction of sp³-hybridized carbons (Fsp3) is 0.375.